The number of aromatic nitrogens is 1. The van der Waals surface area contributed by atoms with E-state index in [9.17, 15) is 14.7 Å². The summed E-state index contributed by atoms with van der Waals surface area (Å²) in [4.78, 5) is 24.8. The molecule has 1 aromatic heterocycles. The van der Waals surface area contributed by atoms with E-state index in [1.54, 1.807) is 0 Å². The Bertz CT molecular complexity index is 1530. The fourth-order valence-corrected chi connectivity index (χ4v) is 4.89. The molecule has 180 valence electrons. The first-order valence-electron chi connectivity index (χ1n) is 11.6. The number of amides is 1. The molecule has 6 nitrogen and oxygen atoms in total. The zero-order valence-electron chi connectivity index (χ0n) is 19.9. The summed E-state index contributed by atoms with van der Waals surface area (Å²) in [5.41, 5.74) is 3.07. The second-order valence-electron chi connectivity index (χ2n) is 8.97. The Morgan fingerprint density at radius 1 is 1.06 bits per heavy atom. The van der Waals surface area contributed by atoms with Gasteiger partial charge < -0.3 is 9.84 Å². The van der Waals surface area contributed by atoms with Gasteiger partial charge in [0.15, 0.2) is 0 Å². The molecule has 3 aromatic carbocycles. The molecule has 1 aliphatic rings. The molecule has 1 unspecified atom stereocenters. The highest BCUT2D eigenvalue weighted by atomic mass is 32.1. The quantitative estimate of drug-likeness (QED) is 0.311. The maximum atomic E-state index is 12.5. The molecule has 1 saturated carbocycles. The number of carbonyl (C=O) groups is 2. The van der Waals surface area contributed by atoms with Crippen LogP contribution >= 0.6 is 11.5 Å². The molecule has 4 aromatic rings. The van der Waals surface area contributed by atoms with Crippen molar-refractivity contribution in [1.82, 2.24) is 4.37 Å². The van der Waals surface area contributed by atoms with E-state index >= 15 is 0 Å². The molecule has 0 saturated heterocycles. The lowest BCUT2D eigenvalue weighted by Crippen LogP contribution is -2.19. The van der Waals surface area contributed by atoms with Crippen molar-refractivity contribution in [2.24, 2.45) is 0 Å². The summed E-state index contributed by atoms with van der Waals surface area (Å²) < 4.78 is 9.87. The van der Waals surface area contributed by atoms with E-state index in [4.69, 9.17) is 4.74 Å². The van der Waals surface area contributed by atoms with E-state index in [1.807, 2.05) is 80.6 Å². The minimum atomic E-state index is -0.757. The average Bonchev–Trinajstić information content (AvgIpc) is 3.63. The molecular formula is C29H24N2O4S. The Labute approximate surface area is 213 Å². The summed E-state index contributed by atoms with van der Waals surface area (Å²) in [6.07, 6.45) is 0.409. The van der Waals surface area contributed by atoms with Gasteiger partial charge in [0.25, 0.3) is 0 Å². The normalized spacial score (nSPS) is 14.4. The van der Waals surface area contributed by atoms with Crippen molar-refractivity contribution in [3.05, 3.63) is 94.0 Å². The van der Waals surface area contributed by atoms with Gasteiger partial charge in [0.1, 0.15) is 11.0 Å². The van der Waals surface area contributed by atoms with Crippen molar-refractivity contribution >= 4 is 40.1 Å². The highest BCUT2D eigenvalue weighted by Crippen LogP contribution is 2.49. The van der Waals surface area contributed by atoms with Crippen molar-refractivity contribution in [3.8, 4) is 11.8 Å². The van der Waals surface area contributed by atoms with Crippen molar-refractivity contribution in [1.29, 1.82) is 0 Å². The van der Waals surface area contributed by atoms with E-state index in [0.717, 1.165) is 27.5 Å². The number of hydrogen-bond donors (Lipinski definition) is 2. The van der Waals surface area contributed by atoms with Crippen LogP contribution in [0.5, 0.6) is 0 Å². The Kier molecular flexibility index (Phi) is 6.21. The third-order valence-corrected chi connectivity index (χ3v) is 7.37. The third kappa shape index (κ3) is 4.68. The number of carbonyl (C=O) groups excluding carboxylic acids is 1. The van der Waals surface area contributed by atoms with Gasteiger partial charge in [-0.1, -0.05) is 60.5 Å². The maximum absolute atomic E-state index is 12.5. The van der Waals surface area contributed by atoms with Gasteiger partial charge in [-0.2, -0.15) is 4.37 Å². The molecule has 0 radical (unpaired) electrons. The molecule has 7 heteroatoms. The molecule has 36 heavy (non-hydrogen) atoms. The summed E-state index contributed by atoms with van der Waals surface area (Å²) in [6, 6.07) is 21.2. The number of nitrogens with one attached hydrogen (secondary N) is 1. The molecule has 1 heterocycles. The number of hydrogen-bond acceptors (Lipinski definition) is 5. The van der Waals surface area contributed by atoms with Gasteiger partial charge in [0, 0.05) is 5.56 Å². The Morgan fingerprint density at radius 3 is 2.50 bits per heavy atom. The Balaban J connectivity index is 1.32. The summed E-state index contributed by atoms with van der Waals surface area (Å²) in [5.74, 6) is 5.52. The zero-order chi connectivity index (χ0) is 25.3. The topological polar surface area (TPSA) is 88.5 Å². The molecule has 5 rings (SSSR count). The predicted octanol–water partition coefficient (Wildman–Crippen LogP) is 6.43. The van der Waals surface area contributed by atoms with Gasteiger partial charge >= 0.3 is 12.1 Å². The fraction of sp³-hybridized carbons (Fsp3) is 0.207. The number of ether oxygens (including phenoxy) is 1. The highest BCUT2D eigenvalue weighted by molar-refractivity contribution is 7.07. The molecule has 1 atom stereocenters. The van der Waals surface area contributed by atoms with E-state index in [0.29, 0.717) is 29.1 Å². The van der Waals surface area contributed by atoms with Crippen molar-refractivity contribution in [2.75, 3.05) is 5.32 Å². The van der Waals surface area contributed by atoms with Crippen LogP contribution in [0.25, 0.3) is 10.8 Å². The van der Waals surface area contributed by atoms with Crippen LogP contribution in [0.4, 0.5) is 10.5 Å². The van der Waals surface area contributed by atoms with Crippen LogP contribution in [0, 0.1) is 18.8 Å². The number of carboxylic acids is 1. The molecule has 1 fully saturated rings. The SMILES string of the molecule is Cc1nsc(C#Cc2ccc3cc(C4(C(=O)O)CC4)ccc3c2)c1NC(=O)OC(C)c1ccccc1. The lowest BCUT2D eigenvalue weighted by molar-refractivity contribution is -0.140. The molecule has 0 aliphatic heterocycles. The molecule has 1 amide bonds. The van der Waals surface area contributed by atoms with Crippen molar-refractivity contribution in [2.45, 2.75) is 38.2 Å². The lowest BCUT2D eigenvalue weighted by atomic mass is 9.93. The highest BCUT2D eigenvalue weighted by Gasteiger charge is 2.51. The Hall–Kier alpha value is -4.15. The first kappa shape index (κ1) is 23.6. The van der Waals surface area contributed by atoms with Crippen LogP contribution in [0.1, 0.15) is 53.1 Å². The second kappa shape index (κ2) is 9.48. The van der Waals surface area contributed by atoms with Crippen molar-refractivity contribution in [3.63, 3.8) is 0 Å². The number of anilines is 1. The van der Waals surface area contributed by atoms with Gasteiger partial charge in [-0.15, -0.1) is 0 Å². The van der Waals surface area contributed by atoms with Crippen LogP contribution in [0.15, 0.2) is 66.7 Å². The van der Waals surface area contributed by atoms with Crippen LogP contribution < -0.4 is 5.32 Å². The smallest absolute Gasteiger partial charge is 0.412 e. The van der Waals surface area contributed by atoms with E-state index < -0.39 is 23.6 Å². The number of fused-ring (bicyclic) bond motifs is 1. The molecule has 1 aliphatic carbocycles. The molecule has 0 bridgehead atoms. The number of aryl methyl sites for hydroxylation is 1. The van der Waals surface area contributed by atoms with E-state index in [1.165, 1.54) is 11.5 Å². The summed E-state index contributed by atoms with van der Waals surface area (Å²) in [5, 5.41) is 14.3. The predicted molar refractivity (Wildman–Crippen MR) is 140 cm³/mol. The van der Waals surface area contributed by atoms with Gasteiger partial charge in [0.05, 0.1) is 16.8 Å². The molecule has 0 spiro atoms. The number of nitrogens with zero attached hydrogens (tertiary/aromatic N) is 1. The fourth-order valence-electron chi connectivity index (χ4n) is 4.19. The van der Waals surface area contributed by atoms with Crippen LogP contribution in [-0.4, -0.2) is 21.5 Å². The van der Waals surface area contributed by atoms with E-state index in [-0.39, 0.29) is 0 Å². The number of aliphatic carboxylic acids is 1. The molecular weight excluding hydrogens is 472 g/mol. The van der Waals surface area contributed by atoms with Crippen LogP contribution in [0.3, 0.4) is 0 Å². The summed E-state index contributed by atoms with van der Waals surface area (Å²) in [7, 11) is 0. The number of rotatable bonds is 5. The average molecular weight is 497 g/mol. The maximum Gasteiger partial charge on any atom is 0.412 e. The van der Waals surface area contributed by atoms with Crippen molar-refractivity contribution < 1.29 is 19.4 Å². The third-order valence-electron chi connectivity index (χ3n) is 6.52. The standard InChI is InChI=1S/C29H24N2O4S/c1-18-26(30-28(34)35-19(2)21-6-4-3-5-7-21)25(36-31-18)13-9-20-8-10-23-17-24(12-11-22(23)16-20)29(14-15-29)27(32)33/h3-8,10-12,16-17,19H,14-15H2,1-2H3,(H,30,34)(H,32,33). The minimum absolute atomic E-state index is 0.393. The monoisotopic (exact) mass is 496 g/mol. The van der Waals surface area contributed by atoms with Crippen LogP contribution in [-0.2, 0) is 14.9 Å². The largest absolute Gasteiger partial charge is 0.481 e. The first-order chi connectivity index (χ1) is 17.4. The van der Waals surface area contributed by atoms with Gasteiger partial charge in [-0.05, 0) is 78.2 Å². The number of benzene rings is 3. The summed E-state index contributed by atoms with van der Waals surface area (Å²) >= 11 is 1.22. The van der Waals surface area contributed by atoms with E-state index in [2.05, 4.69) is 21.5 Å². The summed E-state index contributed by atoms with van der Waals surface area (Å²) in [6.45, 7) is 3.64. The Morgan fingerprint density at radius 2 is 1.78 bits per heavy atom. The van der Waals surface area contributed by atoms with Gasteiger partial charge in [-0.3, -0.25) is 10.1 Å². The first-order valence-corrected chi connectivity index (χ1v) is 12.4. The van der Waals surface area contributed by atoms with Gasteiger partial charge in [0.2, 0.25) is 0 Å². The lowest BCUT2D eigenvalue weighted by Gasteiger charge is -2.14. The second-order valence-corrected chi connectivity index (χ2v) is 9.74. The molecule has 2 N–H and O–H groups in total. The van der Waals surface area contributed by atoms with Crippen LogP contribution in [0.2, 0.25) is 0 Å². The minimum Gasteiger partial charge on any atom is -0.481 e. The van der Waals surface area contributed by atoms with Gasteiger partial charge in [-0.25, -0.2) is 4.79 Å². The number of carboxylic acid groups (broad SMARTS) is 1. The zero-order valence-corrected chi connectivity index (χ0v) is 20.7.